The van der Waals surface area contributed by atoms with Crippen molar-refractivity contribution >= 4 is 0 Å². The lowest BCUT2D eigenvalue weighted by atomic mass is 10.0. The summed E-state index contributed by atoms with van der Waals surface area (Å²) in [6.07, 6.45) is 19.5. The molecule has 0 rings (SSSR count). The lowest BCUT2D eigenvalue weighted by Gasteiger charge is -2.25. The van der Waals surface area contributed by atoms with Crippen LogP contribution in [0.4, 0.5) is 0 Å². The predicted molar refractivity (Wildman–Crippen MR) is 121 cm³/mol. The van der Waals surface area contributed by atoms with Crippen molar-refractivity contribution < 1.29 is 19.7 Å². The molecule has 0 radical (unpaired) electrons. The van der Waals surface area contributed by atoms with Crippen molar-refractivity contribution in [3.05, 3.63) is 0 Å². The summed E-state index contributed by atoms with van der Waals surface area (Å²) in [5.74, 6) is 0. The van der Waals surface area contributed by atoms with Gasteiger partial charge in [0.25, 0.3) is 0 Å². The molecule has 0 aromatic carbocycles. The second-order valence-corrected chi connectivity index (χ2v) is 7.72. The second kappa shape index (κ2) is 26.8. The monoisotopic (exact) mass is 404 g/mol. The summed E-state index contributed by atoms with van der Waals surface area (Å²) in [5, 5.41) is 16.2. The first-order valence-corrected chi connectivity index (χ1v) is 12.1. The number of rotatable bonds is 20. The van der Waals surface area contributed by atoms with Gasteiger partial charge in [-0.1, -0.05) is 91.9 Å². The number of aliphatic hydroxyl groups is 2. The molecule has 4 heteroatoms. The first-order valence-electron chi connectivity index (χ1n) is 12.1. The average Bonchev–Trinajstić information content (AvgIpc) is 2.71. The molecule has 172 valence electrons. The summed E-state index contributed by atoms with van der Waals surface area (Å²) in [6, 6.07) is 0. The van der Waals surface area contributed by atoms with Gasteiger partial charge in [-0.05, 0) is 25.7 Å². The van der Waals surface area contributed by atoms with Crippen LogP contribution in [0.5, 0.6) is 0 Å². The molecular formula is C24H52O4. The molecule has 0 amide bonds. The van der Waals surface area contributed by atoms with Crippen molar-refractivity contribution in [2.24, 2.45) is 0 Å². The van der Waals surface area contributed by atoms with Crippen molar-refractivity contribution in [3.8, 4) is 0 Å². The lowest BCUT2D eigenvalue weighted by molar-refractivity contribution is -0.0320. The fourth-order valence-corrected chi connectivity index (χ4v) is 3.17. The van der Waals surface area contributed by atoms with E-state index >= 15 is 0 Å². The van der Waals surface area contributed by atoms with Crippen molar-refractivity contribution in [3.63, 3.8) is 0 Å². The molecule has 4 nitrogen and oxygen atoms in total. The molecule has 0 aromatic rings. The summed E-state index contributed by atoms with van der Waals surface area (Å²) in [5.41, 5.74) is 0. The molecule has 0 saturated carbocycles. The number of hydrogen-bond donors (Lipinski definition) is 2. The highest BCUT2D eigenvalue weighted by molar-refractivity contribution is 4.66. The van der Waals surface area contributed by atoms with Crippen LogP contribution in [0.3, 0.4) is 0 Å². The summed E-state index contributed by atoms with van der Waals surface area (Å²) in [6.45, 7) is 9.85. The Morgan fingerprint density at radius 2 is 0.893 bits per heavy atom. The first-order chi connectivity index (χ1) is 13.7. The molecule has 0 aliphatic heterocycles. The van der Waals surface area contributed by atoms with Crippen molar-refractivity contribution in [2.45, 2.75) is 130 Å². The zero-order valence-corrected chi connectivity index (χ0v) is 19.6. The van der Waals surface area contributed by atoms with E-state index in [2.05, 4.69) is 32.4 Å². The van der Waals surface area contributed by atoms with E-state index in [1.165, 1.54) is 89.9 Å². The fraction of sp³-hybridized carbons (Fsp3) is 1.00. The second-order valence-electron chi connectivity index (χ2n) is 7.72. The normalized spacial score (nSPS) is 13.1. The third kappa shape index (κ3) is 23.9. The van der Waals surface area contributed by atoms with Gasteiger partial charge in [0, 0.05) is 0 Å². The van der Waals surface area contributed by atoms with E-state index < -0.39 is 0 Å². The Hall–Kier alpha value is -0.160. The van der Waals surface area contributed by atoms with Gasteiger partial charge in [0.1, 0.15) is 0 Å². The van der Waals surface area contributed by atoms with Gasteiger partial charge in [-0.15, -0.1) is 0 Å². The minimum atomic E-state index is 0.0278. The number of aliphatic hydroxyl groups excluding tert-OH is 2. The first kappa shape index (κ1) is 30.0. The SMILES string of the molecule is CCCCCC(CCCC)OC(CCCC)CCCCC.OCCOCCO. The Bertz CT molecular complexity index is 237. The highest BCUT2D eigenvalue weighted by Crippen LogP contribution is 2.21. The molecule has 0 aromatic heterocycles. The number of unbranched alkanes of at least 4 members (excludes halogenated alkanes) is 6. The summed E-state index contributed by atoms with van der Waals surface area (Å²) < 4.78 is 11.2. The molecule has 0 aliphatic carbocycles. The van der Waals surface area contributed by atoms with Crippen LogP contribution in [-0.2, 0) is 9.47 Å². The maximum atomic E-state index is 8.09. The minimum absolute atomic E-state index is 0.0278. The van der Waals surface area contributed by atoms with Gasteiger partial charge >= 0.3 is 0 Å². The minimum Gasteiger partial charge on any atom is -0.394 e. The van der Waals surface area contributed by atoms with E-state index in [1.807, 2.05) is 0 Å². The zero-order chi connectivity index (χ0) is 21.3. The highest BCUT2D eigenvalue weighted by atomic mass is 16.5. The van der Waals surface area contributed by atoms with Gasteiger partial charge in [0.05, 0.1) is 38.6 Å². The van der Waals surface area contributed by atoms with Gasteiger partial charge < -0.3 is 19.7 Å². The fourth-order valence-electron chi connectivity index (χ4n) is 3.17. The maximum absolute atomic E-state index is 8.09. The van der Waals surface area contributed by atoms with Gasteiger partial charge in [-0.2, -0.15) is 0 Å². The van der Waals surface area contributed by atoms with Crippen molar-refractivity contribution in [1.29, 1.82) is 0 Å². The van der Waals surface area contributed by atoms with Crippen molar-refractivity contribution in [2.75, 3.05) is 26.4 Å². The molecule has 0 saturated heterocycles. The van der Waals surface area contributed by atoms with Crippen LogP contribution in [0.1, 0.15) is 118 Å². The molecule has 0 fully saturated rings. The standard InChI is InChI=1S/C20H42O.C4H10O3/c1-5-9-13-17-19(15-11-7-3)21-20(16-12-8-4)18-14-10-6-2;5-1-3-7-4-2-6/h19-20H,5-18H2,1-4H3;5-6H,1-4H2. The quantitative estimate of drug-likeness (QED) is 0.235. The molecule has 28 heavy (non-hydrogen) atoms. The third-order valence-corrected chi connectivity index (χ3v) is 4.87. The lowest BCUT2D eigenvalue weighted by Crippen LogP contribution is -2.22. The molecule has 0 aliphatic rings. The maximum Gasteiger partial charge on any atom is 0.0698 e. The molecule has 0 spiro atoms. The van der Waals surface area contributed by atoms with Crippen LogP contribution < -0.4 is 0 Å². The third-order valence-electron chi connectivity index (χ3n) is 4.87. The Morgan fingerprint density at radius 1 is 0.536 bits per heavy atom. The Balaban J connectivity index is 0. The molecular weight excluding hydrogens is 352 g/mol. The zero-order valence-electron chi connectivity index (χ0n) is 19.6. The summed E-state index contributed by atoms with van der Waals surface area (Å²) in [4.78, 5) is 0. The largest absolute Gasteiger partial charge is 0.394 e. The van der Waals surface area contributed by atoms with Gasteiger partial charge in [-0.25, -0.2) is 0 Å². The number of ether oxygens (including phenoxy) is 2. The van der Waals surface area contributed by atoms with Crippen LogP contribution in [0.15, 0.2) is 0 Å². The van der Waals surface area contributed by atoms with Gasteiger partial charge in [0.2, 0.25) is 0 Å². The Morgan fingerprint density at radius 3 is 1.21 bits per heavy atom. The van der Waals surface area contributed by atoms with E-state index in [-0.39, 0.29) is 13.2 Å². The Labute approximate surface area is 176 Å². The van der Waals surface area contributed by atoms with E-state index in [9.17, 15) is 0 Å². The average molecular weight is 405 g/mol. The highest BCUT2D eigenvalue weighted by Gasteiger charge is 2.16. The molecule has 2 N–H and O–H groups in total. The summed E-state index contributed by atoms with van der Waals surface area (Å²) in [7, 11) is 0. The van der Waals surface area contributed by atoms with E-state index in [0.29, 0.717) is 25.4 Å². The van der Waals surface area contributed by atoms with Crippen LogP contribution >= 0.6 is 0 Å². The van der Waals surface area contributed by atoms with Crippen LogP contribution in [0.25, 0.3) is 0 Å². The molecule has 0 heterocycles. The molecule has 2 atom stereocenters. The van der Waals surface area contributed by atoms with Crippen LogP contribution in [-0.4, -0.2) is 48.8 Å². The van der Waals surface area contributed by atoms with E-state index in [4.69, 9.17) is 14.9 Å². The van der Waals surface area contributed by atoms with Crippen LogP contribution in [0, 0.1) is 0 Å². The van der Waals surface area contributed by atoms with Gasteiger partial charge in [-0.3, -0.25) is 0 Å². The van der Waals surface area contributed by atoms with E-state index in [1.54, 1.807) is 0 Å². The predicted octanol–water partition coefficient (Wildman–Crippen LogP) is 6.27. The Kier molecular flexibility index (Phi) is 28.8. The molecule has 2 unspecified atom stereocenters. The van der Waals surface area contributed by atoms with Crippen molar-refractivity contribution in [1.82, 2.24) is 0 Å². The molecule has 0 bridgehead atoms. The smallest absolute Gasteiger partial charge is 0.0698 e. The summed E-state index contributed by atoms with van der Waals surface area (Å²) >= 11 is 0. The van der Waals surface area contributed by atoms with Crippen LogP contribution in [0.2, 0.25) is 0 Å². The van der Waals surface area contributed by atoms with Gasteiger partial charge in [0.15, 0.2) is 0 Å². The number of hydrogen-bond acceptors (Lipinski definition) is 4. The topological polar surface area (TPSA) is 58.9 Å². The van der Waals surface area contributed by atoms with E-state index in [0.717, 1.165) is 0 Å².